The van der Waals surface area contributed by atoms with Crippen molar-refractivity contribution < 1.29 is 9.94 Å². The van der Waals surface area contributed by atoms with E-state index in [0.717, 1.165) is 0 Å². The Bertz CT molecular complexity index is 168. The molecule has 0 aliphatic carbocycles. The van der Waals surface area contributed by atoms with E-state index in [-0.39, 0.29) is 0 Å². The zero-order chi connectivity index (χ0) is 8.32. The SMILES string of the molecule is CON1CCC(O)(C#N)CC1. The van der Waals surface area contributed by atoms with E-state index in [4.69, 9.17) is 10.1 Å². The molecule has 1 N–H and O–H groups in total. The van der Waals surface area contributed by atoms with Gasteiger partial charge in [-0.1, -0.05) is 0 Å². The Morgan fingerprint density at radius 1 is 1.55 bits per heavy atom. The molecule has 1 rings (SSSR count). The highest BCUT2D eigenvalue weighted by molar-refractivity contribution is 5.02. The Morgan fingerprint density at radius 2 is 2.09 bits per heavy atom. The lowest BCUT2D eigenvalue weighted by atomic mass is 9.94. The number of hydrogen-bond donors (Lipinski definition) is 1. The maximum atomic E-state index is 9.45. The van der Waals surface area contributed by atoms with Crippen LogP contribution in [0.15, 0.2) is 0 Å². The third-order valence-corrected chi connectivity index (χ3v) is 2.02. The molecule has 0 bridgehead atoms. The minimum atomic E-state index is -1.12. The average Bonchev–Trinajstić information content (AvgIpc) is 2.06. The Labute approximate surface area is 65.9 Å². The standard InChI is InChI=1S/C7H12N2O2/c1-11-9-4-2-7(10,6-8)3-5-9/h10H,2-5H2,1H3. The van der Waals surface area contributed by atoms with Crippen molar-refractivity contribution in [2.24, 2.45) is 0 Å². The minimum absolute atomic E-state index is 0.470. The van der Waals surface area contributed by atoms with E-state index in [9.17, 15) is 5.11 Å². The molecular formula is C7H12N2O2. The number of nitriles is 1. The molecule has 0 spiro atoms. The maximum absolute atomic E-state index is 9.45. The lowest BCUT2D eigenvalue weighted by Gasteiger charge is -2.31. The van der Waals surface area contributed by atoms with Crippen LogP contribution in [0.4, 0.5) is 0 Å². The highest BCUT2D eigenvalue weighted by Gasteiger charge is 2.31. The van der Waals surface area contributed by atoms with Gasteiger partial charge in [0.2, 0.25) is 0 Å². The van der Waals surface area contributed by atoms with E-state index >= 15 is 0 Å². The van der Waals surface area contributed by atoms with Gasteiger partial charge in [0.1, 0.15) is 0 Å². The number of hydroxylamine groups is 2. The first-order valence-electron chi connectivity index (χ1n) is 3.63. The van der Waals surface area contributed by atoms with Crippen molar-refractivity contribution in [3.05, 3.63) is 0 Å². The van der Waals surface area contributed by atoms with Gasteiger partial charge in [0, 0.05) is 25.9 Å². The van der Waals surface area contributed by atoms with Gasteiger partial charge < -0.3 is 9.94 Å². The van der Waals surface area contributed by atoms with Gasteiger partial charge in [-0.25, -0.2) is 0 Å². The van der Waals surface area contributed by atoms with E-state index < -0.39 is 5.60 Å². The summed E-state index contributed by atoms with van der Waals surface area (Å²) in [5, 5.41) is 19.7. The van der Waals surface area contributed by atoms with E-state index in [1.54, 1.807) is 12.2 Å². The topological polar surface area (TPSA) is 56.5 Å². The largest absolute Gasteiger partial charge is 0.375 e. The second kappa shape index (κ2) is 3.18. The molecule has 4 nitrogen and oxygen atoms in total. The van der Waals surface area contributed by atoms with Gasteiger partial charge in [-0.2, -0.15) is 10.3 Å². The normalized spacial score (nSPS) is 24.5. The predicted molar refractivity (Wildman–Crippen MR) is 38.4 cm³/mol. The summed E-state index contributed by atoms with van der Waals surface area (Å²) in [4.78, 5) is 4.94. The van der Waals surface area contributed by atoms with Crippen molar-refractivity contribution in [1.29, 1.82) is 5.26 Å². The van der Waals surface area contributed by atoms with Crippen molar-refractivity contribution in [3.8, 4) is 6.07 Å². The summed E-state index contributed by atoms with van der Waals surface area (Å²) in [7, 11) is 1.59. The second-order valence-electron chi connectivity index (χ2n) is 2.75. The number of nitrogens with zero attached hydrogens (tertiary/aromatic N) is 2. The summed E-state index contributed by atoms with van der Waals surface area (Å²) in [6, 6.07) is 1.90. The Balaban J connectivity index is 2.43. The van der Waals surface area contributed by atoms with Crippen LogP contribution in [0.25, 0.3) is 0 Å². The van der Waals surface area contributed by atoms with E-state index in [1.807, 2.05) is 6.07 Å². The fourth-order valence-corrected chi connectivity index (χ4v) is 1.15. The third-order valence-electron chi connectivity index (χ3n) is 2.02. The van der Waals surface area contributed by atoms with Gasteiger partial charge in [0.25, 0.3) is 0 Å². The monoisotopic (exact) mass is 156 g/mol. The summed E-state index contributed by atoms with van der Waals surface area (Å²) in [5.74, 6) is 0. The summed E-state index contributed by atoms with van der Waals surface area (Å²) < 4.78 is 0. The van der Waals surface area contributed by atoms with Crippen molar-refractivity contribution >= 4 is 0 Å². The van der Waals surface area contributed by atoms with Crippen LogP contribution in [-0.4, -0.2) is 36.0 Å². The van der Waals surface area contributed by atoms with Crippen molar-refractivity contribution in [1.82, 2.24) is 5.06 Å². The Morgan fingerprint density at radius 3 is 2.45 bits per heavy atom. The van der Waals surface area contributed by atoms with Crippen LogP contribution in [0.2, 0.25) is 0 Å². The van der Waals surface area contributed by atoms with Crippen LogP contribution >= 0.6 is 0 Å². The number of piperidine rings is 1. The van der Waals surface area contributed by atoms with Crippen LogP contribution < -0.4 is 0 Å². The van der Waals surface area contributed by atoms with Gasteiger partial charge in [-0.15, -0.1) is 0 Å². The van der Waals surface area contributed by atoms with Gasteiger partial charge in [-0.05, 0) is 0 Å². The molecule has 62 valence electrons. The first-order chi connectivity index (χ1) is 5.20. The zero-order valence-corrected chi connectivity index (χ0v) is 6.58. The van der Waals surface area contributed by atoms with Gasteiger partial charge in [-0.3, -0.25) is 0 Å². The molecule has 11 heavy (non-hydrogen) atoms. The summed E-state index contributed by atoms with van der Waals surface area (Å²) in [6.45, 7) is 1.25. The number of rotatable bonds is 1. The summed E-state index contributed by atoms with van der Waals surface area (Å²) >= 11 is 0. The molecule has 1 heterocycles. The van der Waals surface area contributed by atoms with Crippen molar-refractivity contribution in [3.63, 3.8) is 0 Å². The maximum Gasteiger partial charge on any atom is 0.153 e. The molecule has 1 aliphatic heterocycles. The lowest BCUT2D eigenvalue weighted by Crippen LogP contribution is -2.42. The molecule has 0 aromatic rings. The quantitative estimate of drug-likeness (QED) is 0.538. The highest BCUT2D eigenvalue weighted by atomic mass is 16.7. The molecular weight excluding hydrogens is 144 g/mol. The summed E-state index contributed by atoms with van der Waals surface area (Å²) in [5.41, 5.74) is -1.12. The number of hydrogen-bond acceptors (Lipinski definition) is 4. The van der Waals surface area contributed by atoms with Crippen LogP contribution in [0.5, 0.6) is 0 Å². The van der Waals surface area contributed by atoms with Crippen LogP contribution in [0.1, 0.15) is 12.8 Å². The molecule has 0 unspecified atom stereocenters. The molecule has 0 radical (unpaired) electrons. The van der Waals surface area contributed by atoms with Crippen LogP contribution in [0.3, 0.4) is 0 Å². The van der Waals surface area contributed by atoms with Crippen molar-refractivity contribution in [2.45, 2.75) is 18.4 Å². The molecule has 0 aromatic heterocycles. The molecule has 0 saturated carbocycles. The van der Waals surface area contributed by atoms with E-state index in [2.05, 4.69) is 0 Å². The molecule has 1 aliphatic rings. The highest BCUT2D eigenvalue weighted by Crippen LogP contribution is 2.20. The van der Waals surface area contributed by atoms with Crippen LogP contribution in [0, 0.1) is 11.3 Å². The fourth-order valence-electron chi connectivity index (χ4n) is 1.15. The molecule has 1 fully saturated rings. The molecule has 0 amide bonds. The smallest absolute Gasteiger partial charge is 0.153 e. The van der Waals surface area contributed by atoms with E-state index in [0.29, 0.717) is 25.9 Å². The predicted octanol–water partition coefficient (Wildman–Crippen LogP) is -0.102. The third kappa shape index (κ3) is 1.90. The van der Waals surface area contributed by atoms with Crippen LogP contribution in [-0.2, 0) is 4.84 Å². The summed E-state index contributed by atoms with van der Waals surface area (Å²) in [6.07, 6.45) is 0.939. The fraction of sp³-hybridized carbons (Fsp3) is 0.857. The number of aliphatic hydroxyl groups is 1. The zero-order valence-electron chi connectivity index (χ0n) is 6.58. The Kier molecular flexibility index (Phi) is 2.45. The molecule has 0 aromatic carbocycles. The first-order valence-corrected chi connectivity index (χ1v) is 3.63. The molecule has 1 saturated heterocycles. The van der Waals surface area contributed by atoms with Gasteiger partial charge in [0.05, 0.1) is 13.2 Å². The van der Waals surface area contributed by atoms with Crippen molar-refractivity contribution in [2.75, 3.05) is 20.2 Å². The van der Waals surface area contributed by atoms with E-state index in [1.165, 1.54) is 0 Å². The van der Waals surface area contributed by atoms with Gasteiger partial charge in [0.15, 0.2) is 5.60 Å². The Hall–Kier alpha value is -0.630. The molecule has 4 heteroatoms. The average molecular weight is 156 g/mol. The second-order valence-corrected chi connectivity index (χ2v) is 2.75. The minimum Gasteiger partial charge on any atom is -0.375 e. The lowest BCUT2D eigenvalue weighted by molar-refractivity contribution is -0.163. The van der Waals surface area contributed by atoms with Gasteiger partial charge >= 0.3 is 0 Å². The first kappa shape index (κ1) is 8.47. The molecule has 0 atom stereocenters.